The van der Waals surface area contributed by atoms with Gasteiger partial charge in [-0.25, -0.2) is 17.7 Å². The molecule has 1 unspecified atom stereocenters. The number of hydrogen-bond donors (Lipinski definition) is 1. The van der Waals surface area contributed by atoms with Gasteiger partial charge in [-0.3, -0.25) is 0 Å². The molecule has 0 aliphatic heterocycles. The maximum Gasteiger partial charge on any atom is 0.244 e. The number of nitrogens with one attached hydrogen (secondary N) is 1. The summed E-state index contributed by atoms with van der Waals surface area (Å²) >= 11 is 1.56. The van der Waals surface area contributed by atoms with Crippen LogP contribution in [0.4, 0.5) is 5.69 Å². The summed E-state index contributed by atoms with van der Waals surface area (Å²) in [6.07, 6.45) is 0. The van der Waals surface area contributed by atoms with Gasteiger partial charge in [0.25, 0.3) is 0 Å². The van der Waals surface area contributed by atoms with Gasteiger partial charge >= 0.3 is 0 Å². The van der Waals surface area contributed by atoms with Crippen molar-refractivity contribution in [2.24, 2.45) is 0 Å². The highest BCUT2D eigenvalue weighted by Gasteiger charge is 2.22. The molecule has 1 aromatic carbocycles. The number of hydrogen-bond acceptors (Lipinski definition) is 5. The molecule has 1 heterocycles. The van der Waals surface area contributed by atoms with Gasteiger partial charge in [0.1, 0.15) is 9.90 Å². The van der Waals surface area contributed by atoms with Crippen LogP contribution in [0.5, 0.6) is 0 Å². The minimum atomic E-state index is -3.48. The highest BCUT2D eigenvalue weighted by atomic mass is 32.2. The van der Waals surface area contributed by atoms with Crippen molar-refractivity contribution in [3.8, 4) is 0 Å². The van der Waals surface area contributed by atoms with E-state index in [2.05, 4.69) is 10.3 Å². The zero-order chi connectivity index (χ0) is 15.6. The van der Waals surface area contributed by atoms with Gasteiger partial charge in [-0.1, -0.05) is 12.1 Å². The summed E-state index contributed by atoms with van der Waals surface area (Å²) < 4.78 is 25.9. The number of benzene rings is 1. The van der Waals surface area contributed by atoms with Crippen LogP contribution in [-0.2, 0) is 10.0 Å². The van der Waals surface area contributed by atoms with E-state index >= 15 is 0 Å². The van der Waals surface area contributed by atoms with Gasteiger partial charge in [-0.15, -0.1) is 11.3 Å². The fourth-order valence-electron chi connectivity index (χ4n) is 1.87. The highest BCUT2D eigenvalue weighted by Crippen LogP contribution is 2.28. The van der Waals surface area contributed by atoms with Gasteiger partial charge in [0.05, 0.1) is 11.7 Å². The van der Waals surface area contributed by atoms with Gasteiger partial charge in [0, 0.05) is 25.2 Å². The van der Waals surface area contributed by atoms with Crippen molar-refractivity contribution >= 4 is 27.0 Å². The summed E-state index contributed by atoms with van der Waals surface area (Å²) in [4.78, 5) is 4.70. The molecule has 1 atom stereocenters. The molecule has 0 amide bonds. The normalized spacial score (nSPS) is 13.4. The first kappa shape index (κ1) is 15.9. The third kappa shape index (κ3) is 3.42. The number of aryl methyl sites for hydroxylation is 1. The third-order valence-corrected chi connectivity index (χ3v) is 6.04. The molecule has 0 fully saturated rings. The first-order chi connectivity index (χ1) is 9.82. The molecular formula is C14H19N3O2S2. The molecule has 0 spiro atoms. The summed E-state index contributed by atoms with van der Waals surface area (Å²) in [7, 11) is -0.421. The number of anilines is 1. The molecule has 0 aliphatic carbocycles. The number of aromatic nitrogens is 1. The van der Waals surface area contributed by atoms with E-state index in [0.717, 1.165) is 10.7 Å². The number of sulfonamides is 1. The van der Waals surface area contributed by atoms with Crippen LogP contribution in [0.3, 0.4) is 0 Å². The van der Waals surface area contributed by atoms with Crippen LogP contribution >= 0.6 is 11.3 Å². The molecule has 114 valence electrons. The van der Waals surface area contributed by atoms with Crippen molar-refractivity contribution in [2.45, 2.75) is 24.8 Å². The molecule has 1 N–H and O–H groups in total. The molecule has 1 aromatic heterocycles. The van der Waals surface area contributed by atoms with Crippen LogP contribution in [0.15, 0.2) is 34.5 Å². The van der Waals surface area contributed by atoms with Crippen molar-refractivity contribution in [3.05, 3.63) is 40.3 Å². The van der Waals surface area contributed by atoms with E-state index in [9.17, 15) is 8.42 Å². The molecule has 2 rings (SSSR count). The van der Waals surface area contributed by atoms with Crippen LogP contribution in [0.1, 0.15) is 23.7 Å². The van der Waals surface area contributed by atoms with Crippen molar-refractivity contribution in [1.29, 1.82) is 0 Å². The minimum absolute atomic E-state index is 0.0535. The van der Waals surface area contributed by atoms with Crippen molar-refractivity contribution < 1.29 is 8.42 Å². The maximum atomic E-state index is 12.3. The predicted octanol–water partition coefficient (Wildman–Crippen LogP) is 2.87. The smallest absolute Gasteiger partial charge is 0.244 e. The summed E-state index contributed by atoms with van der Waals surface area (Å²) in [5.74, 6) is 0. The fourth-order valence-corrected chi connectivity index (χ4v) is 3.73. The first-order valence-corrected chi connectivity index (χ1v) is 8.84. The van der Waals surface area contributed by atoms with Crippen LogP contribution in [0.2, 0.25) is 0 Å². The lowest BCUT2D eigenvalue weighted by molar-refractivity contribution is 0.521. The molecule has 2 aromatic rings. The van der Waals surface area contributed by atoms with Gasteiger partial charge in [0.2, 0.25) is 10.0 Å². The Bertz CT molecular complexity index is 723. The average Bonchev–Trinajstić information content (AvgIpc) is 2.86. The van der Waals surface area contributed by atoms with E-state index < -0.39 is 10.0 Å². The largest absolute Gasteiger partial charge is 0.375 e. The number of thiazole rings is 1. The van der Waals surface area contributed by atoms with Gasteiger partial charge in [0.15, 0.2) is 0 Å². The second kappa shape index (κ2) is 6.13. The monoisotopic (exact) mass is 325 g/mol. The fraction of sp³-hybridized carbons (Fsp3) is 0.357. The van der Waals surface area contributed by atoms with E-state index in [1.807, 2.05) is 25.3 Å². The number of rotatable bonds is 5. The van der Waals surface area contributed by atoms with Crippen molar-refractivity contribution in [3.63, 3.8) is 0 Å². The van der Waals surface area contributed by atoms with E-state index in [1.165, 1.54) is 18.4 Å². The molecule has 0 radical (unpaired) electrons. The van der Waals surface area contributed by atoms with Gasteiger partial charge in [-0.2, -0.15) is 0 Å². The lowest BCUT2D eigenvalue weighted by atomic mass is 10.2. The Morgan fingerprint density at radius 3 is 2.52 bits per heavy atom. The molecule has 0 saturated heterocycles. The Morgan fingerprint density at radius 2 is 1.95 bits per heavy atom. The SMILES string of the molecule is Cc1csc(C(C)Nc2ccccc2S(=O)(=O)N(C)C)n1. The molecule has 7 heteroatoms. The Kier molecular flexibility index (Phi) is 4.65. The summed E-state index contributed by atoms with van der Waals surface area (Å²) in [5, 5.41) is 6.16. The summed E-state index contributed by atoms with van der Waals surface area (Å²) in [6, 6.07) is 6.86. The third-order valence-electron chi connectivity index (χ3n) is 3.02. The summed E-state index contributed by atoms with van der Waals surface area (Å²) in [5.41, 5.74) is 1.56. The quantitative estimate of drug-likeness (QED) is 0.918. The molecular weight excluding hydrogens is 306 g/mol. The molecule has 0 saturated carbocycles. The Morgan fingerprint density at radius 1 is 1.29 bits per heavy atom. The van der Waals surface area contributed by atoms with E-state index in [1.54, 1.807) is 29.5 Å². The molecule has 0 aliphatic rings. The maximum absolute atomic E-state index is 12.3. The zero-order valence-electron chi connectivity index (χ0n) is 12.5. The molecule has 5 nitrogen and oxygen atoms in total. The Hall–Kier alpha value is -1.44. The number of para-hydroxylation sites is 1. The number of nitrogens with zero attached hydrogens (tertiary/aromatic N) is 2. The molecule has 0 bridgehead atoms. The predicted molar refractivity (Wildman–Crippen MR) is 86.2 cm³/mol. The molecule has 21 heavy (non-hydrogen) atoms. The average molecular weight is 325 g/mol. The zero-order valence-corrected chi connectivity index (χ0v) is 14.1. The Balaban J connectivity index is 2.33. The lowest BCUT2D eigenvalue weighted by Gasteiger charge is -2.18. The first-order valence-electron chi connectivity index (χ1n) is 6.52. The van der Waals surface area contributed by atoms with E-state index in [0.29, 0.717) is 5.69 Å². The minimum Gasteiger partial charge on any atom is -0.375 e. The topological polar surface area (TPSA) is 62.3 Å². The van der Waals surface area contributed by atoms with Crippen LogP contribution in [-0.4, -0.2) is 31.8 Å². The standard InChI is InChI=1S/C14H19N3O2S2/c1-10-9-20-14(15-10)11(2)16-12-7-5-6-8-13(12)21(18,19)17(3)4/h5-9,11,16H,1-4H3. The van der Waals surface area contributed by atoms with E-state index in [4.69, 9.17) is 0 Å². The van der Waals surface area contributed by atoms with Gasteiger partial charge < -0.3 is 5.32 Å². The van der Waals surface area contributed by atoms with Crippen molar-refractivity contribution in [2.75, 3.05) is 19.4 Å². The highest BCUT2D eigenvalue weighted by molar-refractivity contribution is 7.89. The van der Waals surface area contributed by atoms with E-state index in [-0.39, 0.29) is 10.9 Å². The van der Waals surface area contributed by atoms with Crippen LogP contribution in [0.25, 0.3) is 0 Å². The van der Waals surface area contributed by atoms with Crippen molar-refractivity contribution in [1.82, 2.24) is 9.29 Å². The summed E-state index contributed by atoms with van der Waals surface area (Å²) in [6.45, 7) is 3.91. The van der Waals surface area contributed by atoms with Gasteiger partial charge in [-0.05, 0) is 26.0 Å². The second-order valence-corrected chi connectivity index (χ2v) is 7.99. The Labute approximate surface area is 129 Å². The van der Waals surface area contributed by atoms with Crippen LogP contribution in [0, 0.1) is 6.92 Å². The van der Waals surface area contributed by atoms with Crippen LogP contribution < -0.4 is 5.32 Å². The lowest BCUT2D eigenvalue weighted by Crippen LogP contribution is -2.23. The second-order valence-electron chi connectivity index (χ2n) is 4.98.